The predicted molar refractivity (Wildman–Crippen MR) is 107 cm³/mol. The molecule has 25 heavy (non-hydrogen) atoms. The first kappa shape index (κ1) is 15.9. The van der Waals surface area contributed by atoms with Crippen molar-refractivity contribution >= 4 is 22.5 Å². The van der Waals surface area contributed by atoms with Crippen LogP contribution in [0.4, 0.5) is 0 Å². The van der Waals surface area contributed by atoms with Crippen molar-refractivity contribution in [2.45, 2.75) is 13.8 Å². The molecule has 0 atom stereocenters. The molecule has 1 nitrogen and oxygen atoms in total. The SMILES string of the molecule is Cc1cc(C)cc(-c2cc(Cl)c3cc(-c4ccccc4)ccc3n2)c1. The van der Waals surface area contributed by atoms with Gasteiger partial charge in [-0.3, -0.25) is 0 Å². The van der Waals surface area contributed by atoms with Crippen molar-refractivity contribution in [3.63, 3.8) is 0 Å². The van der Waals surface area contributed by atoms with Gasteiger partial charge in [0.2, 0.25) is 0 Å². The monoisotopic (exact) mass is 343 g/mol. The van der Waals surface area contributed by atoms with E-state index in [9.17, 15) is 0 Å². The second-order valence-electron chi connectivity index (χ2n) is 6.46. The third-order valence-corrected chi connectivity index (χ3v) is 4.70. The average Bonchev–Trinajstić information content (AvgIpc) is 2.61. The van der Waals surface area contributed by atoms with Crippen molar-refractivity contribution < 1.29 is 0 Å². The van der Waals surface area contributed by atoms with Gasteiger partial charge in [-0.05, 0) is 55.3 Å². The van der Waals surface area contributed by atoms with Gasteiger partial charge in [0.15, 0.2) is 0 Å². The van der Waals surface area contributed by atoms with E-state index in [1.54, 1.807) is 0 Å². The molecule has 4 aromatic rings. The van der Waals surface area contributed by atoms with Crippen LogP contribution in [0.5, 0.6) is 0 Å². The molecule has 0 aliphatic rings. The molecule has 0 N–H and O–H groups in total. The third-order valence-electron chi connectivity index (χ3n) is 4.38. The van der Waals surface area contributed by atoms with Crippen LogP contribution in [-0.4, -0.2) is 4.98 Å². The highest BCUT2D eigenvalue weighted by Crippen LogP contribution is 2.32. The largest absolute Gasteiger partial charge is 0.248 e. The van der Waals surface area contributed by atoms with Crippen LogP contribution in [0, 0.1) is 13.8 Å². The Morgan fingerprint density at radius 3 is 2.12 bits per heavy atom. The van der Waals surface area contributed by atoms with Crippen molar-refractivity contribution in [1.29, 1.82) is 0 Å². The maximum atomic E-state index is 6.61. The first-order valence-electron chi connectivity index (χ1n) is 8.34. The van der Waals surface area contributed by atoms with E-state index in [2.05, 4.69) is 62.4 Å². The van der Waals surface area contributed by atoms with Gasteiger partial charge in [0, 0.05) is 10.9 Å². The highest BCUT2D eigenvalue weighted by Gasteiger charge is 2.09. The minimum absolute atomic E-state index is 0.733. The lowest BCUT2D eigenvalue weighted by Crippen LogP contribution is -1.89. The maximum Gasteiger partial charge on any atom is 0.0724 e. The van der Waals surface area contributed by atoms with Crippen molar-refractivity contribution in [2.24, 2.45) is 0 Å². The number of aryl methyl sites for hydroxylation is 2. The summed E-state index contributed by atoms with van der Waals surface area (Å²) in [5.41, 5.74) is 7.72. The number of hydrogen-bond acceptors (Lipinski definition) is 1. The highest BCUT2D eigenvalue weighted by molar-refractivity contribution is 6.35. The number of nitrogens with zero attached hydrogens (tertiary/aromatic N) is 1. The average molecular weight is 344 g/mol. The summed E-state index contributed by atoms with van der Waals surface area (Å²) < 4.78 is 0. The van der Waals surface area contributed by atoms with Gasteiger partial charge >= 0.3 is 0 Å². The summed E-state index contributed by atoms with van der Waals surface area (Å²) in [4.78, 5) is 4.84. The summed E-state index contributed by atoms with van der Waals surface area (Å²) >= 11 is 6.61. The topological polar surface area (TPSA) is 12.9 Å². The van der Waals surface area contributed by atoms with Gasteiger partial charge in [-0.25, -0.2) is 4.98 Å². The molecule has 0 amide bonds. The van der Waals surface area contributed by atoms with Crippen LogP contribution in [0.25, 0.3) is 33.3 Å². The molecule has 4 rings (SSSR count). The van der Waals surface area contributed by atoms with Crippen molar-refractivity contribution in [2.75, 3.05) is 0 Å². The summed E-state index contributed by atoms with van der Waals surface area (Å²) in [6.07, 6.45) is 0. The molecule has 0 saturated carbocycles. The summed E-state index contributed by atoms with van der Waals surface area (Å²) in [5.74, 6) is 0. The van der Waals surface area contributed by atoms with E-state index < -0.39 is 0 Å². The van der Waals surface area contributed by atoms with E-state index in [1.165, 1.54) is 16.7 Å². The van der Waals surface area contributed by atoms with Crippen molar-refractivity contribution in [1.82, 2.24) is 4.98 Å². The molecule has 3 aromatic carbocycles. The van der Waals surface area contributed by atoms with Crippen LogP contribution in [0.15, 0.2) is 72.8 Å². The Kier molecular flexibility index (Phi) is 4.03. The van der Waals surface area contributed by atoms with Gasteiger partial charge in [-0.2, -0.15) is 0 Å². The zero-order chi connectivity index (χ0) is 17.4. The van der Waals surface area contributed by atoms with Crippen molar-refractivity contribution in [3.05, 3.63) is 88.9 Å². The Morgan fingerprint density at radius 2 is 1.40 bits per heavy atom. The summed E-state index contributed by atoms with van der Waals surface area (Å²) in [6, 6.07) is 25.0. The second kappa shape index (κ2) is 6.34. The van der Waals surface area contributed by atoms with Crippen LogP contribution >= 0.6 is 11.6 Å². The standard InChI is InChI=1S/C23H18ClN/c1-15-10-16(2)12-19(11-15)23-14-21(24)20-13-18(8-9-22(20)25-23)17-6-4-3-5-7-17/h3-14H,1-2H3. The van der Waals surface area contributed by atoms with Gasteiger partial charge in [0.25, 0.3) is 0 Å². The molecule has 2 heteroatoms. The highest BCUT2D eigenvalue weighted by atomic mass is 35.5. The fraction of sp³-hybridized carbons (Fsp3) is 0.0870. The lowest BCUT2D eigenvalue weighted by atomic mass is 10.0. The Bertz CT molecular complexity index is 1050. The van der Waals surface area contributed by atoms with Gasteiger partial charge in [0.1, 0.15) is 0 Å². The fourth-order valence-corrected chi connectivity index (χ4v) is 3.52. The minimum atomic E-state index is 0.733. The quantitative estimate of drug-likeness (QED) is 0.388. The summed E-state index contributed by atoms with van der Waals surface area (Å²) in [5, 5.41) is 1.72. The first-order chi connectivity index (χ1) is 12.1. The van der Waals surface area contributed by atoms with E-state index in [-0.39, 0.29) is 0 Å². The van der Waals surface area contributed by atoms with E-state index in [4.69, 9.17) is 16.6 Å². The molecule has 0 saturated heterocycles. The van der Waals surface area contributed by atoms with E-state index >= 15 is 0 Å². The molecule has 122 valence electrons. The number of halogens is 1. The third kappa shape index (κ3) is 3.16. The van der Waals surface area contributed by atoms with Crippen molar-refractivity contribution in [3.8, 4) is 22.4 Å². The number of pyridine rings is 1. The zero-order valence-corrected chi connectivity index (χ0v) is 15.0. The normalized spacial score (nSPS) is 11.0. The summed E-state index contributed by atoms with van der Waals surface area (Å²) in [6.45, 7) is 4.20. The van der Waals surface area contributed by atoms with E-state index in [1.807, 2.05) is 24.3 Å². The van der Waals surface area contributed by atoms with Crippen LogP contribution < -0.4 is 0 Å². The van der Waals surface area contributed by atoms with Crippen LogP contribution in [0.3, 0.4) is 0 Å². The smallest absolute Gasteiger partial charge is 0.0724 e. The lowest BCUT2D eigenvalue weighted by molar-refractivity contribution is 1.34. The molecular weight excluding hydrogens is 326 g/mol. The number of aromatic nitrogens is 1. The number of rotatable bonds is 2. The van der Waals surface area contributed by atoms with Crippen LogP contribution in [0.1, 0.15) is 11.1 Å². The molecule has 0 unspecified atom stereocenters. The number of fused-ring (bicyclic) bond motifs is 1. The molecule has 0 bridgehead atoms. The molecular formula is C23H18ClN. The van der Waals surface area contributed by atoms with Crippen LogP contribution in [0.2, 0.25) is 5.02 Å². The zero-order valence-electron chi connectivity index (χ0n) is 14.3. The Labute approximate surface area is 152 Å². The second-order valence-corrected chi connectivity index (χ2v) is 6.87. The van der Waals surface area contributed by atoms with Gasteiger partial charge in [-0.15, -0.1) is 0 Å². The molecule has 0 radical (unpaired) electrons. The fourth-order valence-electron chi connectivity index (χ4n) is 3.27. The molecule has 1 aromatic heterocycles. The minimum Gasteiger partial charge on any atom is -0.248 e. The van der Waals surface area contributed by atoms with Gasteiger partial charge in [-0.1, -0.05) is 65.2 Å². The predicted octanol–water partition coefficient (Wildman–Crippen LogP) is 6.84. The maximum absolute atomic E-state index is 6.61. The Hall–Kier alpha value is -2.64. The number of hydrogen-bond donors (Lipinski definition) is 0. The molecule has 0 fully saturated rings. The molecule has 0 spiro atoms. The van der Waals surface area contributed by atoms with Gasteiger partial charge in [0.05, 0.1) is 16.2 Å². The lowest BCUT2D eigenvalue weighted by Gasteiger charge is -2.09. The molecule has 0 aliphatic carbocycles. The van der Waals surface area contributed by atoms with E-state index in [0.29, 0.717) is 0 Å². The van der Waals surface area contributed by atoms with Crippen LogP contribution in [-0.2, 0) is 0 Å². The van der Waals surface area contributed by atoms with E-state index in [0.717, 1.165) is 32.7 Å². The first-order valence-corrected chi connectivity index (χ1v) is 8.72. The Balaban J connectivity index is 1.86. The summed E-state index contributed by atoms with van der Waals surface area (Å²) in [7, 11) is 0. The molecule has 0 aliphatic heterocycles. The van der Waals surface area contributed by atoms with Gasteiger partial charge < -0.3 is 0 Å². The number of benzene rings is 3. The molecule has 1 heterocycles. The Morgan fingerprint density at radius 1 is 0.680 bits per heavy atom.